The molecule has 87 heavy (non-hydrogen) atoms. The molecular weight excluding hydrogens is 1380 g/mol. The number of Topliss-reactive ketones (excluding diaryl/α,β-unsaturated/α-hetero) is 2. The summed E-state index contributed by atoms with van der Waals surface area (Å²) in [6, 6.07) is 38.6. The molecule has 0 fully saturated rings. The van der Waals surface area contributed by atoms with Gasteiger partial charge >= 0.3 is 98.8 Å². The Labute approximate surface area is 589 Å². The van der Waals surface area contributed by atoms with Crippen molar-refractivity contribution >= 4 is 35.2 Å². The number of anilines is 1. The Kier molecular flexibility index (Phi) is 29.0. The van der Waals surface area contributed by atoms with E-state index < -0.39 is 17.9 Å². The van der Waals surface area contributed by atoms with Gasteiger partial charge in [0.25, 0.3) is 0 Å². The number of likely N-dealkylation sites (N-methyl/N-ethyl adjacent to an activating group) is 1. The van der Waals surface area contributed by atoms with Crippen molar-refractivity contribution in [3.05, 3.63) is 172 Å². The molecule has 0 aliphatic carbocycles. The second kappa shape index (κ2) is 35.7. The van der Waals surface area contributed by atoms with Crippen LogP contribution < -0.4 is 26.8 Å². The number of carbonyl (C=O) groups excluding carboxylic acids is 5. The molecular formula is C64H72Eu2N13O8+3. The monoisotopic (exact) mass is 1460 g/mol. The minimum absolute atomic E-state index is 0. The molecule has 0 saturated heterocycles. The number of unbranched alkanes of at least 4 members (excludes halogenated alkanes) is 1. The van der Waals surface area contributed by atoms with Crippen LogP contribution in [0.4, 0.5) is 5.69 Å². The summed E-state index contributed by atoms with van der Waals surface area (Å²) < 4.78 is 0. The van der Waals surface area contributed by atoms with E-state index in [1.807, 2.05) is 97.1 Å². The van der Waals surface area contributed by atoms with Crippen LogP contribution in [0.15, 0.2) is 121 Å². The molecule has 0 unspecified atom stereocenters. The molecule has 4 N–H and O–H groups in total. The van der Waals surface area contributed by atoms with Crippen LogP contribution in [0, 0.1) is 98.8 Å². The number of nitrogens with two attached hydrogens (primary N) is 2. The van der Waals surface area contributed by atoms with Crippen molar-refractivity contribution in [2.45, 2.75) is 91.8 Å². The van der Waals surface area contributed by atoms with Gasteiger partial charge in [0.1, 0.15) is 0 Å². The quantitative estimate of drug-likeness (QED) is 0.0686. The zero-order valence-corrected chi connectivity index (χ0v) is 53.8. The fourth-order valence-corrected chi connectivity index (χ4v) is 10.2. The summed E-state index contributed by atoms with van der Waals surface area (Å²) in [6.07, 6.45) is 3.04. The molecule has 3 aliphatic heterocycles. The minimum Gasteiger partial charge on any atom is -0.549 e. The van der Waals surface area contributed by atoms with E-state index in [1.165, 1.54) is 0 Å². The van der Waals surface area contributed by atoms with Crippen LogP contribution in [0.25, 0.3) is 34.2 Å². The zero-order chi connectivity index (χ0) is 60.2. The molecule has 0 spiro atoms. The van der Waals surface area contributed by atoms with Crippen LogP contribution >= 0.6 is 0 Å². The first-order valence-corrected chi connectivity index (χ1v) is 28.8. The number of rotatable bonds is 23. The number of benzene rings is 1. The predicted molar refractivity (Wildman–Crippen MR) is 314 cm³/mol. The number of aliphatic carboxylic acids is 3. The normalized spacial score (nSPS) is 14.2. The van der Waals surface area contributed by atoms with Crippen molar-refractivity contribution < 1.29 is 138 Å². The number of ketones is 2. The standard InChI is InChI=1S/C45H45N9O2.C19H30N4O6.2Eu/c1-2-3-17-44(55)30-20-36-28-53-24-32-9-4-13-38(47-32)40-15-6-11-34(49-40)26-54(27-35-12-7-16-41(50-35)39-14-5-10-33(25-53)48-39)29-37-21-31(45(56)18-8-19-46)23-43(52-37)42(22-30)51-36;1-2-21(12-17(24)25)7-8-22(13-18(26)27)9-10-23(14-19(28)29)11-15-3-5-16(20)6-4-15;;/h4-7,9-16,20-23H,2-3,8,17-19,24-29,46H2,1H3;3-6H,2,7-14,20H2,1H3,(H,24,25)(H,26,27)(H,28,29);;/q;;2*+3/p-3. The number of hydrogen-bond acceptors (Lipinski definition) is 21. The summed E-state index contributed by atoms with van der Waals surface area (Å²) in [5.74, 6) is -3.66. The Hall–Kier alpha value is -5.40. The molecule has 0 atom stereocenters. The summed E-state index contributed by atoms with van der Waals surface area (Å²) >= 11 is 0. The zero-order valence-electron chi connectivity index (χ0n) is 49.0. The predicted octanol–water partition coefficient (Wildman–Crippen LogP) is 3.33. The molecule has 7 aromatic rings. The number of pyridine rings is 6. The number of hydrogen-bond donors (Lipinski definition) is 2. The molecule has 21 nitrogen and oxygen atoms in total. The van der Waals surface area contributed by atoms with Crippen LogP contribution in [0.2, 0.25) is 0 Å². The maximum absolute atomic E-state index is 13.7. The van der Waals surface area contributed by atoms with Crippen LogP contribution in [0.5, 0.6) is 0 Å². The topological polar surface area (TPSA) is 300 Å². The Morgan fingerprint density at radius 3 is 1.21 bits per heavy atom. The molecule has 9 heterocycles. The number of carboxylic acids is 3. The molecule has 3 aliphatic rings. The molecule has 14 bridgehead atoms. The van der Waals surface area contributed by atoms with Gasteiger partial charge in [-0.2, -0.15) is 0 Å². The Morgan fingerprint density at radius 1 is 0.460 bits per heavy atom. The third kappa shape index (κ3) is 22.5. The molecule has 452 valence electrons. The first kappa shape index (κ1) is 70.7. The average molecular weight is 1460 g/mol. The van der Waals surface area contributed by atoms with E-state index in [2.05, 4.69) is 16.7 Å². The van der Waals surface area contributed by atoms with Gasteiger partial charge in [-0.3, -0.25) is 34.1 Å². The van der Waals surface area contributed by atoms with Gasteiger partial charge in [-0.15, -0.1) is 0 Å². The van der Waals surface area contributed by atoms with Gasteiger partial charge in [-0.25, -0.2) is 29.9 Å². The second-order valence-corrected chi connectivity index (χ2v) is 21.4. The first-order chi connectivity index (χ1) is 41.1. The van der Waals surface area contributed by atoms with Crippen molar-refractivity contribution in [1.29, 1.82) is 0 Å². The van der Waals surface area contributed by atoms with E-state index in [0.717, 1.165) is 64.0 Å². The number of carbonyl (C=O) groups is 5. The Bertz CT molecular complexity index is 3190. The van der Waals surface area contributed by atoms with E-state index in [0.29, 0.717) is 124 Å². The molecule has 6 aromatic heterocycles. The van der Waals surface area contributed by atoms with E-state index in [1.54, 1.807) is 45.9 Å². The van der Waals surface area contributed by atoms with Gasteiger partial charge in [0, 0.05) is 121 Å². The summed E-state index contributed by atoms with van der Waals surface area (Å²) in [7, 11) is 0. The van der Waals surface area contributed by atoms with Crippen molar-refractivity contribution in [2.24, 2.45) is 5.73 Å². The summed E-state index contributed by atoms with van der Waals surface area (Å²) in [5, 5.41) is 32.9. The van der Waals surface area contributed by atoms with Crippen molar-refractivity contribution in [2.75, 3.05) is 64.6 Å². The van der Waals surface area contributed by atoms with Crippen LogP contribution in [0.1, 0.15) is 106 Å². The molecule has 10 rings (SSSR count). The molecule has 1 aromatic carbocycles. The van der Waals surface area contributed by atoms with Crippen LogP contribution in [-0.4, -0.2) is 143 Å². The third-order valence-electron chi connectivity index (χ3n) is 14.5. The van der Waals surface area contributed by atoms with E-state index in [9.17, 15) is 39.3 Å². The van der Waals surface area contributed by atoms with Crippen LogP contribution in [-0.2, 0) is 60.2 Å². The smallest absolute Gasteiger partial charge is 0.549 e. The largest absolute Gasteiger partial charge is 3.00 e. The van der Waals surface area contributed by atoms with Gasteiger partial charge < -0.3 is 41.2 Å². The Morgan fingerprint density at radius 2 is 0.816 bits per heavy atom. The SMILES string of the molecule is CCCCC(=O)c1cc2nc(c1)-c1cc(C(=O)CCCN)cc(n1)CN1Cc3cccc(n3)-c3cccc(n3)CN(Cc3cccc(n3)-c3cccc(n3)C1)C2.CCN(CCN(CCN(CC(=O)[O-])Cc1ccc(N)cc1)CC(=O)[O-])CC(=O)[O-].[Eu+3].[Eu+3]. The summed E-state index contributed by atoms with van der Waals surface area (Å²) in [5.41, 5.74) is 23.2. The van der Waals surface area contributed by atoms with Crippen molar-refractivity contribution in [3.63, 3.8) is 0 Å². The maximum Gasteiger partial charge on any atom is 3.00 e. The number of aromatic nitrogens is 6. The van der Waals surface area contributed by atoms with Crippen molar-refractivity contribution in [1.82, 2.24) is 54.4 Å². The number of carboxylic acid groups (broad SMARTS) is 3. The van der Waals surface area contributed by atoms with E-state index in [-0.39, 0.29) is 150 Å². The molecule has 0 saturated carbocycles. The third-order valence-corrected chi connectivity index (χ3v) is 14.5. The molecule has 23 heteroatoms. The maximum atomic E-state index is 13.7. The Balaban J connectivity index is 0.000000333. The van der Waals surface area contributed by atoms with Crippen LogP contribution in [0.3, 0.4) is 0 Å². The average Bonchev–Trinajstić information content (AvgIpc) is 2.36. The summed E-state index contributed by atoms with van der Waals surface area (Å²) in [4.78, 5) is 100. The van der Waals surface area contributed by atoms with E-state index >= 15 is 0 Å². The second-order valence-electron chi connectivity index (χ2n) is 21.4. The van der Waals surface area contributed by atoms with E-state index in [4.69, 9.17) is 41.4 Å². The molecule has 0 radical (unpaired) electrons. The molecule has 0 amide bonds. The summed E-state index contributed by atoms with van der Waals surface area (Å²) in [6.45, 7) is 8.08. The fourth-order valence-electron chi connectivity index (χ4n) is 10.2. The van der Waals surface area contributed by atoms with Gasteiger partial charge in [0.05, 0.1) is 86.2 Å². The minimum atomic E-state index is -1.27. The van der Waals surface area contributed by atoms with Crippen molar-refractivity contribution in [3.8, 4) is 34.2 Å². The van der Waals surface area contributed by atoms with Gasteiger partial charge in [0.2, 0.25) is 0 Å². The van der Waals surface area contributed by atoms with Gasteiger partial charge in [-0.05, 0) is 116 Å². The van der Waals surface area contributed by atoms with Gasteiger partial charge in [0.15, 0.2) is 11.6 Å². The number of nitrogen functional groups attached to an aromatic ring is 1. The number of nitrogens with zero attached hydrogens (tertiary/aromatic N) is 11. The van der Waals surface area contributed by atoms with Gasteiger partial charge in [-0.1, -0.05) is 56.7 Å². The first-order valence-electron chi connectivity index (χ1n) is 28.8. The fraction of sp³-hybridized carbons (Fsp3) is 0.359.